The van der Waals surface area contributed by atoms with E-state index in [0.717, 1.165) is 5.57 Å². The first kappa shape index (κ1) is 9.66. The van der Waals surface area contributed by atoms with Crippen molar-refractivity contribution in [2.45, 2.75) is 20.1 Å². The quantitative estimate of drug-likeness (QED) is 0.442. The SMILES string of the molecule is C=C(C(C)C)C(OC)OC. The van der Waals surface area contributed by atoms with Crippen molar-refractivity contribution in [2.75, 3.05) is 14.2 Å². The molecular formula is C8H16O2. The van der Waals surface area contributed by atoms with Crippen LogP contribution >= 0.6 is 0 Å². The van der Waals surface area contributed by atoms with E-state index in [1.54, 1.807) is 14.2 Å². The smallest absolute Gasteiger partial charge is 0.179 e. The van der Waals surface area contributed by atoms with E-state index in [9.17, 15) is 0 Å². The molecule has 60 valence electrons. The zero-order chi connectivity index (χ0) is 8.15. The fraction of sp³-hybridized carbons (Fsp3) is 0.750. The molecule has 0 rings (SSSR count). The van der Waals surface area contributed by atoms with Crippen molar-refractivity contribution in [3.63, 3.8) is 0 Å². The van der Waals surface area contributed by atoms with Crippen LogP contribution in [0.4, 0.5) is 0 Å². The third-order valence-electron chi connectivity index (χ3n) is 1.47. The minimum atomic E-state index is -0.250. The van der Waals surface area contributed by atoms with E-state index in [2.05, 4.69) is 20.4 Å². The second-order valence-corrected chi connectivity index (χ2v) is 2.53. The van der Waals surface area contributed by atoms with Crippen molar-refractivity contribution in [1.82, 2.24) is 0 Å². The molecule has 0 aromatic carbocycles. The zero-order valence-electron chi connectivity index (χ0n) is 7.18. The monoisotopic (exact) mass is 144 g/mol. The number of ether oxygens (including phenoxy) is 2. The van der Waals surface area contributed by atoms with Crippen LogP contribution in [0.25, 0.3) is 0 Å². The van der Waals surface area contributed by atoms with Crippen molar-refractivity contribution in [3.8, 4) is 0 Å². The van der Waals surface area contributed by atoms with E-state index in [0.29, 0.717) is 5.92 Å². The van der Waals surface area contributed by atoms with Gasteiger partial charge in [-0.05, 0) is 11.5 Å². The molecule has 0 saturated heterocycles. The van der Waals surface area contributed by atoms with Crippen LogP contribution < -0.4 is 0 Å². The highest BCUT2D eigenvalue weighted by Gasteiger charge is 2.12. The summed E-state index contributed by atoms with van der Waals surface area (Å²) in [5.74, 6) is 0.407. The summed E-state index contributed by atoms with van der Waals surface area (Å²) in [5.41, 5.74) is 0.977. The predicted molar refractivity (Wildman–Crippen MR) is 41.8 cm³/mol. The molecule has 0 unspecified atom stereocenters. The molecule has 0 fully saturated rings. The van der Waals surface area contributed by atoms with Gasteiger partial charge in [0.05, 0.1) is 0 Å². The molecule has 0 aliphatic carbocycles. The highest BCUT2D eigenvalue weighted by atomic mass is 16.7. The number of hydrogen-bond donors (Lipinski definition) is 0. The van der Waals surface area contributed by atoms with Gasteiger partial charge in [0.25, 0.3) is 0 Å². The van der Waals surface area contributed by atoms with Crippen LogP contribution in [0.1, 0.15) is 13.8 Å². The Morgan fingerprint density at radius 1 is 1.20 bits per heavy atom. The summed E-state index contributed by atoms with van der Waals surface area (Å²) in [6.07, 6.45) is -0.250. The minimum absolute atomic E-state index is 0.250. The summed E-state index contributed by atoms with van der Waals surface area (Å²) in [5, 5.41) is 0. The number of rotatable bonds is 4. The van der Waals surface area contributed by atoms with E-state index in [1.807, 2.05) is 0 Å². The Morgan fingerprint density at radius 2 is 1.60 bits per heavy atom. The van der Waals surface area contributed by atoms with Crippen molar-refractivity contribution in [3.05, 3.63) is 12.2 Å². The van der Waals surface area contributed by atoms with Gasteiger partial charge < -0.3 is 9.47 Å². The summed E-state index contributed by atoms with van der Waals surface area (Å²) in [6.45, 7) is 7.97. The van der Waals surface area contributed by atoms with Crippen LogP contribution in [-0.4, -0.2) is 20.5 Å². The maximum absolute atomic E-state index is 5.00. The first-order valence-electron chi connectivity index (χ1n) is 3.37. The molecule has 10 heavy (non-hydrogen) atoms. The van der Waals surface area contributed by atoms with Gasteiger partial charge in [0.15, 0.2) is 6.29 Å². The lowest BCUT2D eigenvalue weighted by Gasteiger charge is -2.18. The molecule has 0 aromatic rings. The minimum Gasteiger partial charge on any atom is -0.352 e. The lowest BCUT2D eigenvalue weighted by Crippen LogP contribution is -2.18. The Balaban J connectivity index is 3.89. The van der Waals surface area contributed by atoms with Crippen LogP contribution in [-0.2, 0) is 9.47 Å². The zero-order valence-corrected chi connectivity index (χ0v) is 7.18. The standard InChI is InChI=1S/C8H16O2/c1-6(2)7(3)8(9-4)10-5/h6,8H,3H2,1-2,4-5H3. The number of methoxy groups -OCH3 is 2. The topological polar surface area (TPSA) is 18.5 Å². The molecule has 0 aromatic heterocycles. The highest BCUT2D eigenvalue weighted by Crippen LogP contribution is 2.13. The third kappa shape index (κ3) is 2.50. The number of hydrogen-bond acceptors (Lipinski definition) is 2. The fourth-order valence-corrected chi connectivity index (χ4v) is 0.671. The summed E-state index contributed by atoms with van der Waals surface area (Å²) in [4.78, 5) is 0. The Morgan fingerprint density at radius 3 is 1.70 bits per heavy atom. The molecule has 0 N–H and O–H groups in total. The average molecular weight is 144 g/mol. The summed E-state index contributed by atoms with van der Waals surface area (Å²) in [7, 11) is 3.23. The van der Waals surface area contributed by atoms with E-state index < -0.39 is 0 Å². The molecule has 0 bridgehead atoms. The lowest BCUT2D eigenvalue weighted by molar-refractivity contribution is -0.0790. The second-order valence-electron chi connectivity index (χ2n) is 2.53. The fourth-order valence-electron chi connectivity index (χ4n) is 0.671. The molecule has 0 saturated carbocycles. The molecule has 0 aliphatic heterocycles. The van der Waals surface area contributed by atoms with Gasteiger partial charge in [0.2, 0.25) is 0 Å². The van der Waals surface area contributed by atoms with Crippen molar-refractivity contribution in [1.29, 1.82) is 0 Å². The van der Waals surface area contributed by atoms with Gasteiger partial charge in [-0.2, -0.15) is 0 Å². The first-order valence-corrected chi connectivity index (χ1v) is 3.37. The Kier molecular flexibility index (Phi) is 4.32. The van der Waals surface area contributed by atoms with E-state index in [-0.39, 0.29) is 6.29 Å². The first-order chi connectivity index (χ1) is 4.63. The van der Waals surface area contributed by atoms with Crippen molar-refractivity contribution in [2.24, 2.45) is 5.92 Å². The van der Waals surface area contributed by atoms with E-state index >= 15 is 0 Å². The molecule has 0 spiro atoms. The molecular weight excluding hydrogens is 128 g/mol. The van der Waals surface area contributed by atoms with Crippen molar-refractivity contribution >= 4 is 0 Å². The van der Waals surface area contributed by atoms with Crippen LogP contribution in [0.15, 0.2) is 12.2 Å². The second kappa shape index (κ2) is 4.47. The lowest BCUT2D eigenvalue weighted by atomic mass is 10.1. The average Bonchev–Trinajstić information content (AvgIpc) is 1.90. The largest absolute Gasteiger partial charge is 0.352 e. The molecule has 0 aliphatic rings. The maximum Gasteiger partial charge on any atom is 0.179 e. The van der Waals surface area contributed by atoms with Crippen molar-refractivity contribution < 1.29 is 9.47 Å². The van der Waals surface area contributed by atoms with Gasteiger partial charge in [-0.3, -0.25) is 0 Å². The Labute approximate surface area is 62.8 Å². The maximum atomic E-state index is 5.00. The van der Waals surface area contributed by atoms with Crippen LogP contribution in [0.2, 0.25) is 0 Å². The summed E-state index contributed by atoms with van der Waals surface area (Å²) < 4.78 is 10.0. The van der Waals surface area contributed by atoms with Gasteiger partial charge in [0, 0.05) is 14.2 Å². The van der Waals surface area contributed by atoms with Gasteiger partial charge in [0.1, 0.15) is 0 Å². The van der Waals surface area contributed by atoms with Gasteiger partial charge in [-0.1, -0.05) is 20.4 Å². The predicted octanol–water partition coefficient (Wildman–Crippen LogP) is 1.82. The molecule has 2 heteroatoms. The molecule has 0 atom stereocenters. The van der Waals surface area contributed by atoms with E-state index in [1.165, 1.54) is 0 Å². The Hall–Kier alpha value is -0.340. The summed E-state index contributed by atoms with van der Waals surface area (Å²) in [6, 6.07) is 0. The molecule has 0 amide bonds. The molecule has 2 nitrogen and oxygen atoms in total. The van der Waals surface area contributed by atoms with E-state index in [4.69, 9.17) is 9.47 Å². The summed E-state index contributed by atoms with van der Waals surface area (Å²) >= 11 is 0. The van der Waals surface area contributed by atoms with Crippen LogP contribution in [0, 0.1) is 5.92 Å². The van der Waals surface area contributed by atoms with Crippen LogP contribution in [0.5, 0.6) is 0 Å². The highest BCUT2D eigenvalue weighted by molar-refractivity contribution is 5.01. The molecule has 0 heterocycles. The molecule has 0 radical (unpaired) electrons. The Bertz CT molecular complexity index is 104. The van der Waals surface area contributed by atoms with Gasteiger partial charge >= 0.3 is 0 Å². The van der Waals surface area contributed by atoms with Gasteiger partial charge in [-0.25, -0.2) is 0 Å². The van der Waals surface area contributed by atoms with Crippen LogP contribution in [0.3, 0.4) is 0 Å². The normalized spacial score (nSPS) is 11.0. The van der Waals surface area contributed by atoms with Gasteiger partial charge in [-0.15, -0.1) is 0 Å². The third-order valence-corrected chi connectivity index (χ3v) is 1.47.